The van der Waals surface area contributed by atoms with Crippen LogP contribution in [0.15, 0.2) is 18.3 Å². The number of anilines is 1. The second kappa shape index (κ2) is 7.14. The minimum Gasteiger partial charge on any atom is -0.543 e. The zero-order valence-electron chi connectivity index (χ0n) is 12.5. The smallest absolute Gasteiger partial charge is 0.543 e. The van der Waals surface area contributed by atoms with Crippen LogP contribution in [0.25, 0.3) is 0 Å². The number of carbonyl (C=O) groups is 2. The molecule has 0 bridgehead atoms. The first-order chi connectivity index (χ1) is 10.1. The van der Waals surface area contributed by atoms with Gasteiger partial charge in [-0.2, -0.15) is 0 Å². The van der Waals surface area contributed by atoms with E-state index in [1.165, 1.54) is 12.3 Å². The van der Waals surface area contributed by atoms with E-state index in [1.807, 2.05) is 4.90 Å². The second-order valence-electron chi connectivity index (χ2n) is 5.23. The van der Waals surface area contributed by atoms with Crippen molar-refractivity contribution in [2.45, 2.75) is 0 Å². The zero-order chi connectivity index (χ0) is 14.8. The van der Waals surface area contributed by atoms with Gasteiger partial charge in [0.05, 0.1) is 30.8 Å². The van der Waals surface area contributed by atoms with Crippen LogP contribution in [-0.2, 0) is 9.53 Å². The van der Waals surface area contributed by atoms with E-state index < -0.39 is 5.97 Å². The third-order valence-electron chi connectivity index (χ3n) is 3.90. The van der Waals surface area contributed by atoms with Crippen LogP contribution in [0.4, 0.5) is 5.69 Å². The molecule has 7 nitrogen and oxygen atoms in total. The molecule has 3 heterocycles. The number of piperazine rings is 1. The Morgan fingerprint density at radius 3 is 2.45 bits per heavy atom. The number of aromatic nitrogens is 1. The molecule has 2 aliphatic rings. The molecule has 0 unspecified atom stereocenters. The van der Waals surface area contributed by atoms with Gasteiger partial charge in [-0.05, 0) is 12.1 Å². The molecule has 0 N–H and O–H groups in total. The molecular formula is C14H16LiN3O4. The van der Waals surface area contributed by atoms with Crippen LogP contribution >= 0.6 is 0 Å². The number of hydrogen-bond acceptors (Lipinski definition) is 6. The predicted octanol–water partition coefficient (Wildman–Crippen LogP) is -4.26. The zero-order valence-corrected chi connectivity index (χ0v) is 12.5. The van der Waals surface area contributed by atoms with Crippen molar-refractivity contribution in [2.75, 3.05) is 44.3 Å². The van der Waals surface area contributed by atoms with E-state index in [9.17, 15) is 14.7 Å². The van der Waals surface area contributed by atoms with Crippen LogP contribution in [0.2, 0.25) is 0 Å². The molecule has 1 amide bonds. The Morgan fingerprint density at radius 2 is 1.91 bits per heavy atom. The van der Waals surface area contributed by atoms with Gasteiger partial charge in [-0.3, -0.25) is 9.78 Å². The predicted molar refractivity (Wildman–Crippen MR) is 71.7 cm³/mol. The fourth-order valence-electron chi connectivity index (χ4n) is 2.55. The Morgan fingerprint density at radius 1 is 1.23 bits per heavy atom. The summed E-state index contributed by atoms with van der Waals surface area (Å²) in [6.07, 6.45) is 1.46. The Kier molecular flexibility index (Phi) is 5.46. The molecule has 1 aromatic heterocycles. The first kappa shape index (κ1) is 16.8. The van der Waals surface area contributed by atoms with Crippen molar-refractivity contribution < 1.29 is 38.3 Å². The van der Waals surface area contributed by atoms with Crippen molar-refractivity contribution >= 4 is 17.6 Å². The number of amides is 1. The number of rotatable bonds is 3. The van der Waals surface area contributed by atoms with Crippen molar-refractivity contribution in [1.82, 2.24) is 9.88 Å². The number of carboxylic acids is 1. The Balaban J connectivity index is 0.00000176. The SMILES string of the molecule is O=C([O-])c1cc(N2CCN(C(=O)C3COC3)CC2)ccn1.[Li+]. The van der Waals surface area contributed by atoms with Crippen molar-refractivity contribution in [1.29, 1.82) is 0 Å². The normalized spacial score (nSPS) is 18.4. The molecular weight excluding hydrogens is 281 g/mol. The number of nitrogens with zero attached hydrogens (tertiary/aromatic N) is 3. The van der Waals surface area contributed by atoms with Gasteiger partial charge in [-0.1, -0.05) is 0 Å². The van der Waals surface area contributed by atoms with E-state index in [4.69, 9.17) is 4.74 Å². The molecule has 0 aliphatic carbocycles. The van der Waals surface area contributed by atoms with Crippen LogP contribution < -0.4 is 28.9 Å². The quantitative estimate of drug-likeness (QED) is 0.525. The van der Waals surface area contributed by atoms with E-state index >= 15 is 0 Å². The third kappa shape index (κ3) is 3.43. The van der Waals surface area contributed by atoms with E-state index in [1.54, 1.807) is 6.07 Å². The number of carboxylic acid groups (broad SMARTS) is 1. The fourth-order valence-corrected chi connectivity index (χ4v) is 2.55. The molecule has 0 spiro atoms. The molecule has 2 aliphatic heterocycles. The van der Waals surface area contributed by atoms with Crippen LogP contribution in [0.5, 0.6) is 0 Å². The monoisotopic (exact) mass is 297 g/mol. The summed E-state index contributed by atoms with van der Waals surface area (Å²) in [5.74, 6) is -1.11. The number of pyridine rings is 1. The summed E-state index contributed by atoms with van der Waals surface area (Å²) in [5.41, 5.74) is 0.723. The molecule has 0 aromatic carbocycles. The molecule has 2 saturated heterocycles. The molecule has 112 valence electrons. The van der Waals surface area contributed by atoms with Gasteiger partial charge in [-0.25, -0.2) is 0 Å². The van der Waals surface area contributed by atoms with E-state index in [-0.39, 0.29) is 36.4 Å². The summed E-state index contributed by atoms with van der Waals surface area (Å²) in [6, 6.07) is 3.27. The molecule has 1 aromatic rings. The van der Waals surface area contributed by atoms with Gasteiger partial charge in [0.25, 0.3) is 0 Å². The molecule has 0 atom stereocenters. The molecule has 22 heavy (non-hydrogen) atoms. The number of hydrogen-bond donors (Lipinski definition) is 0. The molecule has 8 heteroatoms. The van der Waals surface area contributed by atoms with E-state index in [0.717, 1.165) is 5.69 Å². The molecule has 2 fully saturated rings. The summed E-state index contributed by atoms with van der Waals surface area (Å²) in [5, 5.41) is 10.8. The summed E-state index contributed by atoms with van der Waals surface area (Å²) >= 11 is 0. The molecule has 0 radical (unpaired) electrons. The summed E-state index contributed by atoms with van der Waals surface area (Å²) in [7, 11) is 0. The average Bonchev–Trinajstić information content (AvgIpc) is 2.46. The third-order valence-corrected chi connectivity index (χ3v) is 3.90. The number of carbonyl (C=O) groups excluding carboxylic acids is 2. The van der Waals surface area contributed by atoms with Crippen molar-refractivity contribution in [3.8, 4) is 0 Å². The van der Waals surface area contributed by atoms with Gasteiger partial charge in [0.2, 0.25) is 5.91 Å². The maximum atomic E-state index is 12.1. The van der Waals surface area contributed by atoms with Gasteiger partial charge >= 0.3 is 18.9 Å². The van der Waals surface area contributed by atoms with E-state index in [2.05, 4.69) is 9.88 Å². The minimum atomic E-state index is -1.28. The standard InChI is InChI=1S/C14H17N3O4.Li/c18-13(10-8-21-9-10)17-5-3-16(4-6-17)11-1-2-15-12(7-11)14(19)20;/h1-2,7,10H,3-6,8-9H2,(H,19,20);/q;+1/p-1. The van der Waals surface area contributed by atoms with Crippen molar-refractivity contribution in [3.63, 3.8) is 0 Å². The average molecular weight is 297 g/mol. The second-order valence-corrected chi connectivity index (χ2v) is 5.23. The maximum Gasteiger partial charge on any atom is 1.00 e. The summed E-state index contributed by atoms with van der Waals surface area (Å²) < 4.78 is 5.05. The van der Waals surface area contributed by atoms with Crippen LogP contribution in [0, 0.1) is 5.92 Å². The molecule has 0 saturated carbocycles. The van der Waals surface area contributed by atoms with Crippen LogP contribution in [0.1, 0.15) is 10.5 Å². The van der Waals surface area contributed by atoms with Gasteiger partial charge in [0.1, 0.15) is 0 Å². The van der Waals surface area contributed by atoms with Crippen molar-refractivity contribution in [3.05, 3.63) is 24.0 Å². The molecule has 3 rings (SSSR count). The maximum absolute atomic E-state index is 12.1. The Hall–Kier alpha value is -1.55. The largest absolute Gasteiger partial charge is 1.00 e. The summed E-state index contributed by atoms with van der Waals surface area (Å²) in [4.78, 5) is 30.6. The fraction of sp³-hybridized carbons (Fsp3) is 0.500. The first-order valence-electron chi connectivity index (χ1n) is 6.94. The topological polar surface area (TPSA) is 85.8 Å². The van der Waals surface area contributed by atoms with E-state index in [0.29, 0.717) is 39.4 Å². The van der Waals surface area contributed by atoms with Crippen LogP contribution in [-0.4, -0.2) is 61.2 Å². The van der Waals surface area contributed by atoms with Gasteiger partial charge in [0, 0.05) is 38.1 Å². The van der Waals surface area contributed by atoms with Gasteiger partial charge < -0.3 is 24.4 Å². The Labute approximate surface area is 140 Å². The minimum absolute atomic E-state index is 0. The number of ether oxygens (including phenoxy) is 1. The van der Waals surface area contributed by atoms with Crippen molar-refractivity contribution in [2.24, 2.45) is 5.92 Å². The van der Waals surface area contributed by atoms with Gasteiger partial charge in [0.15, 0.2) is 0 Å². The van der Waals surface area contributed by atoms with Gasteiger partial charge in [-0.15, -0.1) is 0 Å². The summed E-state index contributed by atoms with van der Waals surface area (Å²) in [6.45, 7) is 3.68. The Bertz CT molecular complexity index is 557. The van der Waals surface area contributed by atoms with Crippen LogP contribution in [0.3, 0.4) is 0 Å². The number of aromatic carboxylic acids is 1. The first-order valence-corrected chi connectivity index (χ1v) is 6.94.